The van der Waals surface area contributed by atoms with Gasteiger partial charge in [0, 0.05) is 22.1 Å². The molecule has 0 spiro atoms. The van der Waals surface area contributed by atoms with E-state index in [0.29, 0.717) is 5.56 Å². The van der Waals surface area contributed by atoms with Gasteiger partial charge in [-0.05, 0) is 42.8 Å². The molecule has 0 radical (unpaired) electrons. The zero-order chi connectivity index (χ0) is 28.4. The van der Waals surface area contributed by atoms with Gasteiger partial charge in [-0.1, -0.05) is 42.5 Å². The van der Waals surface area contributed by atoms with E-state index in [4.69, 9.17) is 9.47 Å². The molecule has 2 heterocycles. The number of thiophene rings is 1. The summed E-state index contributed by atoms with van der Waals surface area (Å²) in [5.74, 6) is -2.75. The number of nitrogens with one attached hydrogen (secondary N) is 1. The molecule has 0 aliphatic carbocycles. The molecule has 0 atom stereocenters. The minimum Gasteiger partial charge on any atom is -0.462 e. The van der Waals surface area contributed by atoms with Crippen molar-refractivity contribution in [2.45, 2.75) is 16.7 Å². The van der Waals surface area contributed by atoms with Crippen LogP contribution < -0.4 is 5.32 Å². The first-order valence-electron chi connectivity index (χ1n) is 12.1. The third-order valence-electron chi connectivity index (χ3n) is 6.12. The number of amides is 1. The van der Waals surface area contributed by atoms with Crippen molar-refractivity contribution in [3.05, 3.63) is 100 Å². The second-order valence-corrected chi connectivity index (χ2v) is 11.4. The van der Waals surface area contributed by atoms with Gasteiger partial charge in [0.15, 0.2) is 12.4 Å². The highest BCUT2D eigenvalue weighted by Gasteiger charge is 2.35. The summed E-state index contributed by atoms with van der Waals surface area (Å²) in [6.45, 7) is 1.11. The van der Waals surface area contributed by atoms with Crippen molar-refractivity contribution >= 4 is 49.8 Å². The first-order valence-corrected chi connectivity index (χ1v) is 14.4. The first-order chi connectivity index (χ1) is 19.2. The number of benzene rings is 3. The lowest BCUT2D eigenvalue weighted by atomic mass is 10.0. The maximum absolute atomic E-state index is 13.1. The second kappa shape index (κ2) is 10.9. The van der Waals surface area contributed by atoms with Crippen LogP contribution in [0.25, 0.3) is 11.1 Å². The van der Waals surface area contributed by atoms with Crippen LogP contribution in [0.3, 0.4) is 0 Å². The standard InChI is InChI=1S/C29H21NO8S2/c1-2-37-29(34)25-21(17-8-4-3-5-9-17)16-39-27(25)30-24(31)15-38-28(33)18-12-13-20-23(14-18)40(35,36)22-11-7-6-10-19(22)26(20)32/h3-14,16H,2,15H2,1H3,(H,30,31). The van der Waals surface area contributed by atoms with Crippen LogP contribution in [0.15, 0.2) is 88.0 Å². The van der Waals surface area contributed by atoms with Crippen molar-refractivity contribution in [2.75, 3.05) is 18.5 Å². The molecule has 1 aromatic heterocycles. The Morgan fingerprint density at radius 3 is 2.27 bits per heavy atom. The van der Waals surface area contributed by atoms with Crippen molar-refractivity contribution in [3.63, 3.8) is 0 Å². The van der Waals surface area contributed by atoms with E-state index in [1.54, 1.807) is 18.4 Å². The van der Waals surface area contributed by atoms with Crippen LogP contribution in [0.2, 0.25) is 0 Å². The number of hydrogen-bond acceptors (Lipinski definition) is 9. The van der Waals surface area contributed by atoms with Gasteiger partial charge in [0.25, 0.3) is 5.91 Å². The number of hydrogen-bond donors (Lipinski definition) is 1. The monoisotopic (exact) mass is 575 g/mol. The predicted octanol–water partition coefficient (Wildman–Crippen LogP) is 4.76. The van der Waals surface area contributed by atoms with Crippen LogP contribution in [0.4, 0.5) is 5.00 Å². The Morgan fingerprint density at radius 1 is 0.825 bits per heavy atom. The SMILES string of the molecule is CCOC(=O)c1c(-c2ccccc2)csc1NC(=O)COC(=O)c1ccc2c(c1)S(=O)(=O)c1ccccc1C2=O. The van der Waals surface area contributed by atoms with Gasteiger partial charge >= 0.3 is 11.9 Å². The maximum Gasteiger partial charge on any atom is 0.341 e. The average Bonchev–Trinajstić information content (AvgIpc) is 3.38. The van der Waals surface area contributed by atoms with Gasteiger partial charge in [-0.15, -0.1) is 11.3 Å². The quantitative estimate of drug-likeness (QED) is 0.275. The van der Waals surface area contributed by atoms with Gasteiger partial charge in [-0.3, -0.25) is 9.59 Å². The van der Waals surface area contributed by atoms with Crippen molar-refractivity contribution in [3.8, 4) is 11.1 Å². The van der Waals surface area contributed by atoms with Crippen molar-refractivity contribution in [1.29, 1.82) is 0 Å². The Bertz CT molecular complexity index is 1770. The minimum atomic E-state index is -4.05. The zero-order valence-corrected chi connectivity index (χ0v) is 22.6. The maximum atomic E-state index is 13.1. The molecule has 1 N–H and O–H groups in total. The highest BCUT2D eigenvalue weighted by atomic mass is 32.2. The molecule has 0 bridgehead atoms. The number of rotatable bonds is 7. The summed E-state index contributed by atoms with van der Waals surface area (Å²) < 4.78 is 36.5. The van der Waals surface area contributed by atoms with Gasteiger partial charge in [-0.2, -0.15) is 0 Å². The van der Waals surface area contributed by atoms with Crippen molar-refractivity contribution < 1.29 is 37.1 Å². The van der Waals surface area contributed by atoms with E-state index in [9.17, 15) is 27.6 Å². The summed E-state index contributed by atoms with van der Waals surface area (Å²) in [5, 5.41) is 4.54. The molecule has 202 valence electrons. The summed E-state index contributed by atoms with van der Waals surface area (Å²) in [7, 11) is -4.05. The van der Waals surface area contributed by atoms with E-state index in [1.165, 1.54) is 30.3 Å². The van der Waals surface area contributed by atoms with E-state index >= 15 is 0 Å². The van der Waals surface area contributed by atoms with E-state index < -0.39 is 40.1 Å². The lowest BCUT2D eigenvalue weighted by Gasteiger charge is -2.19. The Hall–Kier alpha value is -4.61. The highest BCUT2D eigenvalue weighted by molar-refractivity contribution is 7.91. The van der Waals surface area contributed by atoms with Gasteiger partial charge in [0.2, 0.25) is 9.84 Å². The minimum absolute atomic E-state index is 0.0496. The number of ether oxygens (including phenoxy) is 2. The van der Waals surface area contributed by atoms with Crippen LogP contribution in [0.1, 0.15) is 43.6 Å². The number of esters is 2. The Balaban J connectivity index is 1.32. The van der Waals surface area contributed by atoms with Crippen LogP contribution in [0.5, 0.6) is 0 Å². The number of carbonyl (C=O) groups is 4. The Morgan fingerprint density at radius 2 is 1.52 bits per heavy atom. The molecule has 9 nitrogen and oxygen atoms in total. The van der Waals surface area contributed by atoms with Gasteiger partial charge in [0.1, 0.15) is 10.6 Å². The topological polar surface area (TPSA) is 133 Å². The number of ketones is 1. The second-order valence-electron chi connectivity index (χ2n) is 8.60. The van der Waals surface area contributed by atoms with E-state index in [-0.39, 0.29) is 43.7 Å². The van der Waals surface area contributed by atoms with Crippen molar-refractivity contribution in [1.82, 2.24) is 0 Å². The average molecular weight is 576 g/mol. The number of fused-ring (bicyclic) bond motifs is 2. The smallest absolute Gasteiger partial charge is 0.341 e. The fraction of sp³-hybridized carbons (Fsp3) is 0.103. The van der Waals surface area contributed by atoms with Gasteiger partial charge in [-0.25, -0.2) is 18.0 Å². The van der Waals surface area contributed by atoms with Crippen LogP contribution in [0, 0.1) is 0 Å². The van der Waals surface area contributed by atoms with Gasteiger partial charge in [0.05, 0.1) is 22.0 Å². The summed E-state index contributed by atoms with van der Waals surface area (Å²) in [6, 6.07) is 18.6. The van der Waals surface area contributed by atoms with Crippen LogP contribution in [-0.2, 0) is 24.1 Å². The molecular weight excluding hydrogens is 554 g/mol. The van der Waals surface area contributed by atoms with E-state index in [2.05, 4.69) is 5.32 Å². The summed E-state index contributed by atoms with van der Waals surface area (Å²) in [4.78, 5) is 50.5. The molecule has 5 rings (SSSR count). The molecule has 0 unspecified atom stereocenters. The van der Waals surface area contributed by atoms with Crippen LogP contribution >= 0.6 is 11.3 Å². The largest absolute Gasteiger partial charge is 0.462 e. The molecule has 1 amide bonds. The molecule has 1 aliphatic rings. The predicted molar refractivity (Wildman–Crippen MR) is 146 cm³/mol. The summed E-state index contributed by atoms with van der Waals surface area (Å²) >= 11 is 1.12. The fourth-order valence-corrected chi connectivity index (χ4v) is 6.93. The first kappa shape index (κ1) is 27.0. The Labute approximate surface area is 233 Å². The van der Waals surface area contributed by atoms with Crippen molar-refractivity contribution in [2.24, 2.45) is 0 Å². The molecular formula is C29H21NO8S2. The third kappa shape index (κ3) is 4.92. The fourth-order valence-electron chi connectivity index (χ4n) is 4.27. The van der Waals surface area contributed by atoms with Crippen LogP contribution in [-0.4, -0.2) is 45.3 Å². The normalized spacial score (nSPS) is 13.1. The molecule has 40 heavy (non-hydrogen) atoms. The molecule has 3 aromatic carbocycles. The van der Waals surface area contributed by atoms with Gasteiger partial charge < -0.3 is 14.8 Å². The molecule has 0 saturated carbocycles. The van der Waals surface area contributed by atoms with E-state index in [0.717, 1.165) is 23.0 Å². The number of sulfone groups is 1. The summed E-state index contributed by atoms with van der Waals surface area (Å²) in [6.07, 6.45) is 0. The highest BCUT2D eigenvalue weighted by Crippen LogP contribution is 2.37. The van der Waals surface area contributed by atoms with E-state index in [1.807, 2.05) is 30.3 Å². The third-order valence-corrected chi connectivity index (χ3v) is 8.86. The number of carbonyl (C=O) groups excluding carboxylic acids is 4. The zero-order valence-electron chi connectivity index (χ0n) is 21.0. The Kier molecular flexibility index (Phi) is 7.33. The molecule has 0 saturated heterocycles. The lowest BCUT2D eigenvalue weighted by molar-refractivity contribution is -0.119. The molecule has 1 aliphatic heterocycles. The molecule has 11 heteroatoms. The number of anilines is 1. The molecule has 4 aromatic rings. The summed E-state index contributed by atoms with van der Waals surface area (Å²) in [5.41, 5.74) is 1.40. The lowest BCUT2D eigenvalue weighted by Crippen LogP contribution is -2.23. The molecule has 0 fully saturated rings.